The summed E-state index contributed by atoms with van der Waals surface area (Å²) >= 11 is 0. The van der Waals surface area contributed by atoms with Crippen LogP contribution in [-0.2, 0) is 0 Å². The third-order valence-corrected chi connectivity index (χ3v) is 1.90. The molecule has 0 radical (unpaired) electrons. The summed E-state index contributed by atoms with van der Waals surface area (Å²) in [6, 6.07) is 1.78. The Morgan fingerprint density at radius 2 is 2.31 bits per heavy atom. The van der Waals surface area contributed by atoms with E-state index in [1.165, 1.54) is 0 Å². The first-order chi connectivity index (χ1) is 6.15. The number of nitrogens with zero attached hydrogens (tertiary/aromatic N) is 1. The highest BCUT2D eigenvalue weighted by Crippen LogP contribution is 2.20. The first kappa shape index (κ1) is 10.2. The van der Waals surface area contributed by atoms with E-state index in [2.05, 4.69) is 5.16 Å². The van der Waals surface area contributed by atoms with Gasteiger partial charge in [0.2, 0.25) is 0 Å². The van der Waals surface area contributed by atoms with Crippen molar-refractivity contribution >= 4 is 0 Å². The number of aliphatic hydroxyl groups is 1. The average molecular weight is 184 g/mol. The SMILES string of the molecule is CC(C)c1cc(C(O)CCN)no1. The summed E-state index contributed by atoms with van der Waals surface area (Å²) in [5.41, 5.74) is 5.89. The van der Waals surface area contributed by atoms with Gasteiger partial charge in [0.1, 0.15) is 17.6 Å². The standard InChI is InChI=1S/C9H16N2O2/c1-6(2)9-5-7(11-13-9)8(12)3-4-10/h5-6,8,12H,3-4,10H2,1-2H3. The van der Waals surface area contributed by atoms with Crippen LogP contribution in [0.2, 0.25) is 0 Å². The van der Waals surface area contributed by atoms with Crippen LogP contribution < -0.4 is 5.73 Å². The van der Waals surface area contributed by atoms with Crippen LogP contribution in [0, 0.1) is 0 Å². The number of aromatic nitrogens is 1. The monoisotopic (exact) mass is 184 g/mol. The van der Waals surface area contributed by atoms with E-state index in [0.717, 1.165) is 5.76 Å². The molecule has 0 saturated heterocycles. The normalized spacial score (nSPS) is 13.6. The van der Waals surface area contributed by atoms with E-state index in [-0.39, 0.29) is 0 Å². The molecule has 0 aromatic carbocycles. The number of nitrogens with two attached hydrogens (primary N) is 1. The summed E-state index contributed by atoms with van der Waals surface area (Å²) in [6.07, 6.45) is -0.0781. The third-order valence-electron chi connectivity index (χ3n) is 1.90. The molecule has 13 heavy (non-hydrogen) atoms. The first-order valence-corrected chi connectivity index (χ1v) is 4.49. The van der Waals surface area contributed by atoms with Crippen molar-refractivity contribution in [2.45, 2.75) is 32.3 Å². The van der Waals surface area contributed by atoms with E-state index < -0.39 is 6.10 Å². The Morgan fingerprint density at radius 3 is 2.77 bits per heavy atom. The summed E-state index contributed by atoms with van der Waals surface area (Å²) in [4.78, 5) is 0. The molecule has 0 aliphatic rings. The molecule has 0 aliphatic heterocycles. The molecule has 1 aromatic rings. The minimum Gasteiger partial charge on any atom is -0.387 e. The maximum atomic E-state index is 9.51. The Bertz CT molecular complexity index is 258. The van der Waals surface area contributed by atoms with Gasteiger partial charge in [-0.05, 0) is 13.0 Å². The van der Waals surface area contributed by atoms with Gasteiger partial charge in [0, 0.05) is 12.0 Å². The smallest absolute Gasteiger partial charge is 0.139 e. The lowest BCUT2D eigenvalue weighted by Crippen LogP contribution is -2.06. The molecule has 0 aliphatic carbocycles. The van der Waals surface area contributed by atoms with Crippen molar-refractivity contribution in [3.63, 3.8) is 0 Å². The van der Waals surface area contributed by atoms with E-state index in [4.69, 9.17) is 10.3 Å². The van der Waals surface area contributed by atoms with Crippen molar-refractivity contribution in [3.05, 3.63) is 17.5 Å². The average Bonchev–Trinajstić information content (AvgIpc) is 2.52. The van der Waals surface area contributed by atoms with Crippen LogP contribution in [0.3, 0.4) is 0 Å². The molecular weight excluding hydrogens is 168 g/mol. The Labute approximate surface area is 77.7 Å². The predicted octanol–water partition coefficient (Wildman–Crippen LogP) is 1.18. The van der Waals surface area contributed by atoms with Gasteiger partial charge >= 0.3 is 0 Å². The Kier molecular flexibility index (Phi) is 3.45. The van der Waals surface area contributed by atoms with E-state index in [1.807, 2.05) is 13.8 Å². The number of hydrogen-bond acceptors (Lipinski definition) is 4. The van der Waals surface area contributed by atoms with Gasteiger partial charge < -0.3 is 15.4 Å². The molecule has 0 amide bonds. The van der Waals surface area contributed by atoms with Crippen molar-refractivity contribution in [1.82, 2.24) is 5.16 Å². The van der Waals surface area contributed by atoms with Crippen LogP contribution in [-0.4, -0.2) is 16.8 Å². The zero-order chi connectivity index (χ0) is 9.84. The number of rotatable bonds is 4. The summed E-state index contributed by atoms with van der Waals surface area (Å²) in [5, 5.41) is 13.3. The fourth-order valence-electron chi connectivity index (χ4n) is 1.04. The van der Waals surface area contributed by atoms with Gasteiger partial charge in [-0.25, -0.2) is 0 Å². The van der Waals surface area contributed by atoms with Crippen LogP contribution >= 0.6 is 0 Å². The molecule has 1 unspecified atom stereocenters. The molecule has 1 heterocycles. The van der Waals surface area contributed by atoms with Crippen LogP contribution in [0.4, 0.5) is 0 Å². The topological polar surface area (TPSA) is 72.3 Å². The molecular formula is C9H16N2O2. The van der Waals surface area contributed by atoms with Gasteiger partial charge in [-0.2, -0.15) is 0 Å². The van der Waals surface area contributed by atoms with E-state index >= 15 is 0 Å². The molecule has 3 N–H and O–H groups in total. The number of hydrogen-bond donors (Lipinski definition) is 2. The van der Waals surface area contributed by atoms with Crippen LogP contribution in [0.5, 0.6) is 0 Å². The summed E-state index contributed by atoms with van der Waals surface area (Å²) in [5.74, 6) is 1.09. The number of aliphatic hydroxyl groups excluding tert-OH is 1. The minimum atomic E-state index is -0.596. The molecule has 74 valence electrons. The second kappa shape index (κ2) is 4.39. The largest absolute Gasteiger partial charge is 0.387 e. The van der Waals surface area contributed by atoms with Crippen LogP contribution in [0.15, 0.2) is 10.6 Å². The predicted molar refractivity (Wildman–Crippen MR) is 49.2 cm³/mol. The summed E-state index contributed by atoms with van der Waals surface area (Å²) < 4.78 is 5.04. The molecule has 1 atom stereocenters. The van der Waals surface area contributed by atoms with Crippen molar-refractivity contribution in [1.29, 1.82) is 0 Å². The summed E-state index contributed by atoms with van der Waals surface area (Å²) in [7, 11) is 0. The van der Waals surface area contributed by atoms with Crippen molar-refractivity contribution < 1.29 is 9.63 Å². The van der Waals surface area contributed by atoms with Crippen molar-refractivity contribution in [2.75, 3.05) is 6.54 Å². The molecule has 0 saturated carbocycles. The Hall–Kier alpha value is -0.870. The van der Waals surface area contributed by atoms with Gasteiger partial charge in [-0.3, -0.25) is 0 Å². The van der Waals surface area contributed by atoms with Crippen molar-refractivity contribution in [3.8, 4) is 0 Å². The molecule has 1 aromatic heterocycles. The lowest BCUT2D eigenvalue weighted by Gasteiger charge is -2.02. The van der Waals surface area contributed by atoms with Crippen LogP contribution in [0.1, 0.15) is 43.7 Å². The molecule has 0 bridgehead atoms. The quantitative estimate of drug-likeness (QED) is 0.737. The second-order valence-corrected chi connectivity index (χ2v) is 3.40. The fourth-order valence-corrected chi connectivity index (χ4v) is 1.04. The van der Waals surface area contributed by atoms with E-state index in [1.54, 1.807) is 6.07 Å². The fraction of sp³-hybridized carbons (Fsp3) is 0.667. The first-order valence-electron chi connectivity index (χ1n) is 4.49. The van der Waals surface area contributed by atoms with E-state index in [0.29, 0.717) is 24.6 Å². The van der Waals surface area contributed by atoms with Gasteiger partial charge in [0.05, 0.1) is 0 Å². The lowest BCUT2D eigenvalue weighted by atomic mass is 10.1. The molecule has 0 fully saturated rings. The highest BCUT2D eigenvalue weighted by Gasteiger charge is 2.13. The molecule has 4 nitrogen and oxygen atoms in total. The minimum absolute atomic E-state index is 0.298. The Morgan fingerprint density at radius 1 is 1.62 bits per heavy atom. The second-order valence-electron chi connectivity index (χ2n) is 3.40. The maximum Gasteiger partial charge on any atom is 0.139 e. The van der Waals surface area contributed by atoms with Crippen molar-refractivity contribution in [2.24, 2.45) is 5.73 Å². The highest BCUT2D eigenvalue weighted by atomic mass is 16.5. The zero-order valence-corrected chi connectivity index (χ0v) is 8.03. The summed E-state index contributed by atoms with van der Waals surface area (Å²) in [6.45, 7) is 4.48. The van der Waals surface area contributed by atoms with Gasteiger partial charge in [-0.15, -0.1) is 0 Å². The Balaban J connectivity index is 2.67. The van der Waals surface area contributed by atoms with Crippen LogP contribution in [0.25, 0.3) is 0 Å². The van der Waals surface area contributed by atoms with Gasteiger partial charge in [0.25, 0.3) is 0 Å². The highest BCUT2D eigenvalue weighted by molar-refractivity contribution is 5.10. The third kappa shape index (κ3) is 2.54. The van der Waals surface area contributed by atoms with Gasteiger partial charge in [0.15, 0.2) is 0 Å². The lowest BCUT2D eigenvalue weighted by molar-refractivity contribution is 0.160. The maximum absolute atomic E-state index is 9.51. The molecule has 4 heteroatoms. The zero-order valence-electron chi connectivity index (χ0n) is 8.03. The molecule has 0 spiro atoms. The van der Waals surface area contributed by atoms with E-state index in [9.17, 15) is 5.11 Å². The van der Waals surface area contributed by atoms with Gasteiger partial charge in [-0.1, -0.05) is 19.0 Å². The molecule has 1 rings (SSSR count).